The monoisotopic (exact) mass is 562 g/mol. The Morgan fingerprint density at radius 3 is 2.00 bits per heavy atom. The van der Waals surface area contributed by atoms with Crippen molar-refractivity contribution in [3.05, 3.63) is 89.5 Å². The molecule has 218 valence electrons. The van der Waals surface area contributed by atoms with Crippen LogP contribution in [-0.4, -0.2) is 51.4 Å². The van der Waals surface area contributed by atoms with E-state index in [0.717, 1.165) is 11.1 Å². The van der Waals surface area contributed by atoms with E-state index in [-0.39, 0.29) is 30.3 Å². The Hall–Kier alpha value is -4.47. The summed E-state index contributed by atoms with van der Waals surface area (Å²) in [4.78, 5) is 59.1. The molecule has 2 aromatic carbocycles. The molecule has 0 saturated heterocycles. The lowest BCUT2D eigenvalue weighted by Crippen LogP contribution is -2.46. The van der Waals surface area contributed by atoms with Gasteiger partial charge in [0.05, 0.1) is 6.33 Å². The van der Waals surface area contributed by atoms with Crippen LogP contribution in [0.1, 0.15) is 73.1 Å². The summed E-state index contributed by atoms with van der Waals surface area (Å²) in [6.07, 6.45) is 1.71. The van der Waals surface area contributed by atoms with E-state index in [4.69, 9.17) is 9.47 Å². The third kappa shape index (κ3) is 9.90. The minimum Gasteiger partial charge on any atom is -0.459 e. The molecule has 2 atom stereocenters. The largest absolute Gasteiger partial charge is 0.459 e. The van der Waals surface area contributed by atoms with Crippen LogP contribution >= 0.6 is 0 Å². The number of hydrogen-bond donors (Lipinski definition) is 3. The second kappa shape index (κ2) is 14.2. The van der Waals surface area contributed by atoms with Gasteiger partial charge in [0.25, 0.3) is 11.8 Å². The van der Waals surface area contributed by atoms with Crippen molar-refractivity contribution in [3.63, 3.8) is 0 Å². The van der Waals surface area contributed by atoms with Crippen LogP contribution in [0.2, 0.25) is 0 Å². The van der Waals surface area contributed by atoms with Gasteiger partial charge in [0, 0.05) is 6.42 Å². The Balaban J connectivity index is 1.74. The van der Waals surface area contributed by atoms with Crippen LogP contribution in [0.25, 0.3) is 0 Å². The molecule has 3 rings (SSSR count). The lowest BCUT2D eigenvalue weighted by molar-refractivity contribution is -0.157. The number of carbonyl (C=O) groups excluding carboxylic acids is 4. The molecular weight excluding hydrogens is 524 g/mol. The normalized spacial score (nSPS) is 12.7. The number of H-pyrrole nitrogens is 1. The molecule has 0 saturated carbocycles. The van der Waals surface area contributed by atoms with E-state index >= 15 is 0 Å². The van der Waals surface area contributed by atoms with Crippen molar-refractivity contribution >= 4 is 23.8 Å². The van der Waals surface area contributed by atoms with Crippen LogP contribution in [0, 0.1) is 5.92 Å². The van der Waals surface area contributed by atoms with Crippen molar-refractivity contribution in [3.8, 4) is 0 Å². The summed E-state index contributed by atoms with van der Waals surface area (Å²) in [7, 11) is 0. The average molecular weight is 563 g/mol. The number of aromatic nitrogens is 2. The van der Waals surface area contributed by atoms with E-state index < -0.39 is 41.4 Å². The topological polar surface area (TPSA) is 139 Å². The molecule has 0 radical (unpaired) electrons. The Labute approximate surface area is 240 Å². The molecule has 41 heavy (non-hydrogen) atoms. The number of aromatic amines is 1. The number of rotatable bonds is 12. The zero-order chi connectivity index (χ0) is 30.0. The highest BCUT2D eigenvalue weighted by atomic mass is 16.6. The van der Waals surface area contributed by atoms with Crippen molar-refractivity contribution in [2.24, 2.45) is 5.92 Å². The predicted molar refractivity (Wildman–Crippen MR) is 153 cm³/mol. The van der Waals surface area contributed by atoms with Gasteiger partial charge in [0.1, 0.15) is 30.0 Å². The number of ether oxygens (including phenoxy) is 2. The first kappa shape index (κ1) is 31.1. The van der Waals surface area contributed by atoms with Gasteiger partial charge in [-0.2, -0.15) is 0 Å². The summed E-state index contributed by atoms with van der Waals surface area (Å²) in [6.45, 7) is 9.11. The standard InChI is InChI=1S/C31H38N4O6/c1-20(2)16-23(29(38)40-18-22-14-10-7-11-15-22)34-27(36)25-26(33-19-32-25)28(37)35-24(30(39)41-31(3,4)5)17-21-12-8-6-9-13-21/h6-15,19-20,23-24H,16-18H2,1-5H3,(H,32,33)(H,34,36)(H,35,37)/t23-,24-/m0/s1. The average Bonchev–Trinajstić information content (AvgIpc) is 3.41. The second-order valence-electron chi connectivity index (χ2n) is 11.1. The van der Waals surface area contributed by atoms with Gasteiger partial charge >= 0.3 is 11.9 Å². The number of amides is 2. The fourth-order valence-electron chi connectivity index (χ4n) is 4.03. The van der Waals surface area contributed by atoms with Crippen LogP contribution < -0.4 is 10.6 Å². The zero-order valence-corrected chi connectivity index (χ0v) is 24.1. The van der Waals surface area contributed by atoms with E-state index in [2.05, 4.69) is 20.6 Å². The van der Waals surface area contributed by atoms with E-state index in [1.807, 2.05) is 74.5 Å². The molecule has 0 unspecified atom stereocenters. The minimum absolute atomic E-state index is 0.0648. The van der Waals surface area contributed by atoms with Crippen molar-refractivity contribution in [2.45, 2.75) is 71.8 Å². The number of carbonyl (C=O) groups is 4. The fraction of sp³-hybridized carbons (Fsp3) is 0.387. The zero-order valence-electron chi connectivity index (χ0n) is 24.1. The molecule has 3 N–H and O–H groups in total. The minimum atomic E-state index is -1.03. The molecule has 0 fully saturated rings. The highest BCUT2D eigenvalue weighted by molar-refractivity contribution is 6.06. The number of hydrogen-bond acceptors (Lipinski definition) is 7. The van der Waals surface area contributed by atoms with Gasteiger partial charge in [-0.05, 0) is 44.2 Å². The van der Waals surface area contributed by atoms with Gasteiger partial charge in [-0.15, -0.1) is 0 Å². The number of nitrogens with zero attached hydrogens (tertiary/aromatic N) is 1. The van der Waals surface area contributed by atoms with Gasteiger partial charge in [-0.25, -0.2) is 14.6 Å². The van der Waals surface area contributed by atoms with Gasteiger partial charge in [0.2, 0.25) is 0 Å². The first-order valence-electron chi connectivity index (χ1n) is 13.6. The summed E-state index contributed by atoms with van der Waals surface area (Å²) >= 11 is 0. The Bertz CT molecular complexity index is 1320. The van der Waals surface area contributed by atoms with Crippen LogP contribution in [0.3, 0.4) is 0 Å². The molecule has 10 heteroatoms. The van der Waals surface area contributed by atoms with Crippen LogP contribution in [0.15, 0.2) is 67.0 Å². The van der Waals surface area contributed by atoms with E-state index in [0.29, 0.717) is 6.42 Å². The van der Waals surface area contributed by atoms with Crippen LogP contribution in [0.5, 0.6) is 0 Å². The SMILES string of the molecule is CC(C)C[C@H](NC(=O)c1[nH]cnc1C(=O)N[C@@H](Cc1ccccc1)C(=O)OC(C)(C)C)C(=O)OCc1ccccc1. The maximum absolute atomic E-state index is 13.3. The Morgan fingerprint density at radius 1 is 0.829 bits per heavy atom. The Kier molecular flexibility index (Phi) is 10.8. The van der Waals surface area contributed by atoms with E-state index in [1.165, 1.54) is 6.33 Å². The van der Waals surface area contributed by atoms with Gasteiger partial charge in [-0.1, -0.05) is 74.5 Å². The summed E-state index contributed by atoms with van der Waals surface area (Å²) in [5.74, 6) is -2.58. The molecule has 0 spiro atoms. The first-order valence-corrected chi connectivity index (χ1v) is 13.6. The number of imidazole rings is 1. The van der Waals surface area contributed by atoms with E-state index in [9.17, 15) is 19.2 Å². The highest BCUT2D eigenvalue weighted by Gasteiger charge is 2.31. The lowest BCUT2D eigenvalue weighted by Gasteiger charge is -2.24. The molecule has 0 aliphatic rings. The van der Waals surface area contributed by atoms with Crippen molar-refractivity contribution in [2.75, 3.05) is 0 Å². The second-order valence-corrected chi connectivity index (χ2v) is 11.1. The van der Waals surface area contributed by atoms with E-state index in [1.54, 1.807) is 20.8 Å². The molecule has 3 aromatic rings. The summed E-state index contributed by atoms with van der Waals surface area (Å²) < 4.78 is 11.0. The first-order chi connectivity index (χ1) is 19.4. The number of nitrogens with one attached hydrogen (secondary N) is 3. The molecule has 0 aliphatic heterocycles. The van der Waals surface area contributed by atoms with Crippen LogP contribution in [0.4, 0.5) is 0 Å². The summed E-state index contributed by atoms with van der Waals surface area (Å²) in [5.41, 5.74) is 0.501. The summed E-state index contributed by atoms with van der Waals surface area (Å²) in [5, 5.41) is 5.34. The van der Waals surface area contributed by atoms with Crippen LogP contribution in [-0.2, 0) is 32.1 Å². The third-order valence-electron chi connectivity index (χ3n) is 5.88. The molecular formula is C31H38N4O6. The fourth-order valence-corrected chi connectivity index (χ4v) is 4.03. The Morgan fingerprint density at radius 2 is 1.41 bits per heavy atom. The molecule has 0 bridgehead atoms. The number of esters is 2. The third-order valence-corrected chi connectivity index (χ3v) is 5.88. The molecule has 2 amide bonds. The maximum atomic E-state index is 13.3. The highest BCUT2D eigenvalue weighted by Crippen LogP contribution is 2.14. The smallest absolute Gasteiger partial charge is 0.329 e. The van der Waals surface area contributed by atoms with Crippen molar-refractivity contribution in [1.29, 1.82) is 0 Å². The van der Waals surface area contributed by atoms with Crippen molar-refractivity contribution < 1.29 is 28.7 Å². The van der Waals surface area contributed by atoms with Gasteiger partial charge in [0.15, 0.2) is 5.69 Å². The summed E-state index contributed by atoms with van der Waals surface area (Å²) in [6, 6.07) is 16.4. The predicted octanol–water partition coefficient (Wildman–Crippen LogP) is 3.98. The number of benzene rings is 2. The van der Waals surface area contributed by atoms with Crippen molar-refractivity contribution in [1.82, 2.24) is 20.6 Å². The molecule has 10 nitrogen and oxygen atoms in total. The molecule has 0 aliphatic carbocycles. The molecule has 1 aromatic heterocycles. The lowest BCUT2D eigenvalue weighted by atomic mass is 10.0. The van der Waals surface area contributed by atoms with Gasteiger partial charge < -0.3 is 25.1 Å². The quantitative estimate of drug-likeness (QED) is 0.284. The van der Waals surface area contributed by atoms with Gasteiger partial charge in [-0.3, -0.25) is 9.59 Å². The maximum Gasteiger partial charge on any atom is 0.329 e. The molecule has 1 heterocycles.